The van der Waals surface area contributed by atoms with Crippen molar-refractivity contribution in [3.05, 3.63) is 48.0 Å². The number of aromatic nitrogens is 2. The van der Waals surface area contributed by atoms with Crippen molar-refractivity contribution in [1.82, 2.24) is 10.1 Å². The first kappa shape index (κ1) is 21.6. The van der Waals surface area contributed by atoms with Gasteiger partial charge >= 0.3 is 6.18 Å². The average molecular weight is 422 g/mol. The van der Waals surface area contributed by atoms with Gasteiger partial charge in [0, 0.05) is 11.1 Å². The highest BCUT2D eigenvalue weighted by Gasteiger charge is 2.35. The fourth-order valence-corrected chi connectivity index (χ4v) is 2.65. The van der Waals surface area contributed by atoms with Crippen LogP contribution in [0.2, 0.25) is 0 Å². The molecule has 3 rings (SSSR count). The molecule has 1 N–H and O–H groups in total. The zero-order valence-corrected chi connectivity index (χ0v) is 16.6. The Morgan fingerprint density at radius 1 is 1.00 bits per heavy atom. The molecule has 2 aromatic carbocycles. The average Bonchev–Trinajstić information content (AvgIpc) is 3.17. The lowest BCUT2D eigenvalue weighted by Crippen LogP contribution is -2.15. The van der Waals surface area contributed by atoms with Gasteiger partial charge in [0.1, 0.15) is 17.6 Å². The molecule has 3 aromatic rings. The Morgan fingerprint density at radius 3 is 2.27 bits per heavy atom. The van der Waals surface area contributed by atoms with Crippen molar-refractivity contribution in [2.24, 2.45) is 0 Å². The van der Waals surface area contributed by atoms with Crippen LogP contribution in [-0.2, 0) is 6.18 Å². The van der Waals surface area contributed by atoms with E-state index in [9.17, 15) is 13.2 Å². The van der Waals surface area contributed by atoms with Crippen LogP contribution in [0.3, 0.4) is 0 Å². The zero-order chi connectivity index (χ0) is 21.9. The number of hydrogen-bond donors (Lipinski definition) is 1. The Labute approximate surface area is 171 Å². The number of benzene rings is 2. The summed E-state index contributed by atoms with van der Waals surface area (Å²) in [5, 5.41) is 12.8. The number of hydrogen-bond acceptors (Lipinski definition) is 6. The SMILES string of the molecule is CC(C)Oc1ccc(-c2noc(-c3ccc(OC(C)CO)cc3)n2)cc1C(F)(F)F. The highest BCUT2D eigenvalue weighted by molar-refractivity contribution is 5.62. The molecule has 30 heavy (non-hydrogen) atoms. The van der Waals surface area contributed by atoms with Crippen LogP contribution in [-0.4, -0.2) is 34.1 Å². The highest BCUT2D eigenvalue weighted by Crippen LogP contribution is 2.39. The summed E-state index contributed by atoms with van der Waals surface area (Å²) < 4.78 is 56.3. The predicted octanol–water partition coefficient (Wildman–Crippen LogP) is 4.97. The maximum atomic E-state index is 13.4. The van der Waals surface area contributed by atoms with Crippen molar-refractivity contribution in [2.45, 2.75) is 39.2 Å². The fraction of sp³-hybridized carbons (Fsp3) is 0.333. The van der Waals surface area contributed by atoms with E-state index in [0.717, 1.165) is 6.07 Å². The number of aliphatic hydroxyl groups excluding tert-OH is 1. The molecule has 0 aliphatic rings. The molecule has 6 nitrogen and oxygen atoms in total. The van der Waals surface area contributed by atoms with Gasteiger partial charge in [-0.25, -0.2) is 0 Å². The molecule has 0 spiro atoms. The maximum Gasteiger partial charge on any atom is 0.419 e. The molecule has 0 saturated carbocycles. The molecule has 0 bridgehead atoms. The van der Waals surface area contributed by atoms with Crippen LogP contribution in [0.4, 0.5) is 13.2 Å². The lowest BCUT2D eigenvalue weighted by molar-refractivity contribution is -0.139. The third-order valence-corrected chi connectivity index (χ3v) is 4.03. The molecule has 0 amide bonds. The van der Waals surface area contributed by atoms with Crippen molar-refractivity contribution in [2.75, 3.05) is 6.61 Å². The van der Waals surface area contributed by atoms with Crippen LogP contribution >= 0.6 is 0 Å². The predicted molar refractivity (Wildman–Crippen MR) is 103 cm³/mol. The molecule has 0 aliphatic heterocycles. The molecular weight excluding hydrogens is 401 g/mol. The van der Waals surface area contributed by atoms with Gasteiger partial charge in [-0.2, -0.15) is 18.2 Å². The molecule has 0 radical (unpaired) electrons. The van der Waals surface area contributed by atoms with E-state index in [2.05, 4.69) is 10.1 Å². The van der Waals surface area contributed by atoms with Gasteiger partial charge in [0.2, 0.25) is 5.82 Å². The van der Waals surface area contributed by atoms with Crippen LogP contribution in [0.25, 0.3) is 22.8 Å². The molecule has 1 aromatic heterocycles. The number of alkyl halides is 3. The Kier molecular flexibility index (Phi) is 6.31. The van der Waals surface area contributed by atoms with E-state index in [1.165, 1.54) is 12.1 Å². The second-order valence-corrected chi connectivity index (χ2v) is 6.93. The quantitative estimate of drug-likeness (QED) is 0.579. The number of halogens is 3. The summed E-state index contributed by atoms with van der Waals surface area (Å²) in [6, 6.07) is 10.3. The van der Waals surface area contributed by atoms with Gasteiger partial charge in [0.05, 0.1) is 18.3 Å². The van der Waals surface area contributed by atoms with E-state index < -0.39 is 17.8 Å². The molecule has 0 fully saturated rings. The highest BCUT2D eigenvalue weighted by atomic mass is 19.4. The van der Waals surface area contributed by atoms with Crippen LogP contribution in [0.15, 0.2) is 47.0 Å². The third-order valence-electron chi connectivity index (χ3n) is 4.03. The van der Waals surface area contributed by atoms with Gasteiger partial charge in [-0.1, -0.05) is 5.16 Å². The molecule has 160 valence electrons. The Balaban J connectivity index is 1.87. The van der Waals surface area contributed by atoms with Crippen molar-refractivity contribution in [1.29, 1.82) is 0 Å². The smallest absolute Gasteiger partial charge is 0.419 e. The molecule has 0 saturated heterocycles. The third kappa shape index (κ3) is 5.10. The summed E-state index contributed by atoms with van der Waals surface area (Å²) in [6.07, 6.45) is -5.34. The zero-order valence-electron chi connectivity index (χ0n) is 16.6. The molecule has 0 aliphatic carbocycles. The topological polar surface area (TPSA) is 77.6 Å². The molecular formula is C21H21F3N2O4. The van der Waals surface area contributed by atoms with Crippen molar-refractivity contribution >= 4 is 0 Å². The second kappa shape index (κ2) is 8.74. The number of aliphatic hydroxyl groups is 1. The van der Waals surface area contributed by atoms with Gasteiger partial charge in [-0.3, -0.25) is 0 Å². The Hall–Kier alpha value is -3.07. The van der Waals surface area contributed by atoms with Gasteiger partial charge in [-0.15, -0.1) is 0 Å². The van der Waals surface area contributed by atoms with Gasteiger partial charge in [0.25, 0.3) is 5.89 Å². The van der Waals surface area contributed by atoms with Crippen LogP contribution in [0.5, 0.6) is 11.5 Å². The normalized spacial score (nSPS) is 12.8. The van der Waals surface area contributed by atoms with E-state index >= 15 is 0 Å². The first-order valence-electron chi connectivity index (χ1n) is 9.27. The summed E-state index contributed by atoms with van der Waals surface area (Å²) in [6.45, 7) is 4.92. The Bertz CT molecular complexity index is 985. The molecule has 1 unspecified atom stereocenters. The lowest BCUT2D eigenvalue weighted by Gasteiger charge is -2.16. The standard InChI is InChI=1S/C21H21F3N2O4/c1-12(2)28-18-9-6-15(10-17(18)21(22,23)24)19-25-20(30-26-19)14-4-7-16(8-5-14)29-13(3)11-27/h4-10,12-13,27H,11H2,1-3H3. The first-order valence-corrected chi connectivity index (χ1v) is 9.27. The van der Waals surface area contributed by atoms with Crippen LogP contribution in [0.1, 0.15) is 26.3 Å². The van der Waals surface area contributed by atoms with Crippen molar-refractivity contribution in [3.63, 3.8) is 0 Å². The van der Waals surface area contributed by atoms with Crippen LogP contribution in [0, 0.1) is 0 Å². The molecule has 1 heterocycles. The largest absolute Gasteiger partial charge is 0.490 e. The summed E-state index contributed by atoms with van der Waals surface area (Å²) in [7, 11) is 0. The minimum absolute atomic E-state index is 0.0285. The van der Waals surface area contributed by atoms with E-state index in [4.69, 9.17) is 19.1 Å². The van der Waals surface area contributed by atoms with E-state index in [0.29, 0.717) is 11.3 Å². The second-order valence-electron chi connectivity index (χ2n) is 6.93. The maximum absolute atomic E-state index is 13.4. The fourth-order valence-electron chi connectivity index (χ4n) is 2.65. The minimum Gasteiger partial charge on any atom is -0.490 e. The summed E-state index contributed by atoms with van der Waals surface area (Å²) in [5.41, 5.74) is -0.168. The summed E-state index contributed by atoms with van der Waals surface area (Å²) >= 11 is 0. The van der Waals surface area contributed by atoms with Crippen molar-refractivity contribution < 1.29 is 32.3 Å². The van der Waals surface area contributed by atoms with Gasteiger partial charge in [-0.05, 0) is 63.2 Å². The van der Waals surface area contributed by atoms with Crippen molar-refractivity contribution in [3.8, 4) is 34.3 Å². The van der Waals surface area contributed by atoms with E-state index in [1.807, 2.05) is 0 Å². The Morgan fingerprint density at radius 2 is 1.67 bits per heavy atom. The van der Waals surface area contributed by atoms with E-state index in [-0.39, 0.29) is 35.7 Å². The van der Waals surface area contributed by atoms with E-state index in [1.54, 1.807) is 45.0 Å². The first-order chi connectivity index (χ1) is 14.2. The van der Waals surface area contributed by atoms with Gasteiger partial charge < -0.3 is 19.1 Å². The van der Waals surface area contributed by atoms with Gasteiger partial charge in [0.15, 0.2) is 0 Å². The molecule has 9 heteroatoms. The number of ether oxygens (including phenoxy) is 2. The minimum atomic E-state index is -4.59. The monoisotopic (exact) mass is 422 g/mol. The molecule has 1 atom stereocenters. The summed E-state index contributed by atoms with van der Waals surface area (Å²) in [4.78, 5) is 4.20. The lowest BCUT2D eigenvalue weighted by atomic mass is 10.1. The number of rotatable bonds is 7. The van der Waals surface area contributed by atoms with Crippen LogP contribution < -0.4 is 9.47 Å². The number of nitrogens with zero attached hydrogens (tertiary/aromatic N) is 2. The summed E-state index contributed by atoms with van der Waals surface area (Å²) in [5.74, 6) is 0.483.